The van der Waals surface area contributed by atoms with Crippen molar-refractivity contribution in [2.75, 3.05) is 18.9 Å². The molecule has 0 bridgehead atoms. The van der Waals surface area contributed by atoms with Gasteiger partial charge in [0.05, 0.1) is 19.0 Å². The molecule has 0 saturated carbocycles. The average molecular weight is 942 g/mol. The van der Waals surface area contributed by atoms with E-state index < -0.39 is 101 Å². The Morgan fingerprint density at radius 1 is 0.919 bits per heavy atom. The maximum Gasteiger partial charge on any atom is 0.481 e. The largest absolute Gasteiger partial charge is 0.481 e. The minimum atomic E-state index is -5.45. The molecule has 0 amide bonds. The fraction of sp³-hybridized carbons (Fsp3) is 0.821. The summed E-state index contributed by atoms with van der Waals surface area (Å²) in [7, 11) is -5.45. The van der Waals surface area contributed by atoms with Crippen LogP contribution in [-0.2, 0) is 58.3 Å². The zero-order valence-corrected chi connectivity index (χ0v) is 38.7. The second-order valence-electron chi connectivity index (χ2n) is 16.2. The Kier molecular flexibility index (Phi) is 21.5. The molecule has 2 saturated heterocycles. The van der Waals surface area contributed by atoms with Crippen LogP contribution in [0.4, 0.5) is 10.2 Å². The summed E-state index contributed by atoms with van der Waals surface area (Å²) in [4.78, 5) is 58.0. The van der Waals surface area contributed by atoms with Crippen molar-refractivity contribution in [3.63, 3.8) is 0 Å². The van der Waals surface area contributed by atoms with Crippen LogP contribution < -0.4 is 5.73 Å². The second kappa shape index (κ2) is 25.4. The Bertz CT molecular complexity index is 1800. The van der Waals surface area contributed by atoms with Gasteiger partial charge in [-0.3, -0.25) is 18.7 Å². The summed E-state index contributed by atoms with van der Waals surface area (Å²) in [5, 5.41) is 21.4. The number of hydrogen-bond donors (Lipinski definition) is 5. The lowest BCUT2D eigenvalue weighted by Crippen LogP contribution is -2.55. The number of esters is 2. The molecular weight excluding hydrogens is 875 g/mol. The summed E-state index contributed by atoms with van der Waals surface area (Å²) in [5.41, 5.74) is 6.24. The topological polar surface area (TPSA) is 266 Å². The van der Waals surface area contributed by atoms with Crippen LogP contribution >= 0.6 is 14.5 Å². The van der Waals surface area contributed by atoms with Gasteiger partial charge in [-0.25, -0.2) is 28.2 Å². The van der Waals surface area contributed by atoms with E-state index in [0.717, 1.165) is 26.2 Å². The highest BCUT2D eigenvalue weighted by Crippen LogP contribution is 2.62. The third-order valence-electron chi connectivity index (χ3n) is 11.3. The highest BCUT2D eigenvalue weighted by atomic mass is 32.5. The molecule has 19 nitrogen and oxygen atoms in total. The van der Waals surface area contributed by atoms with Crippen LogP contribution in [0.5, 0.6) is 0 Å². The number of aliphatic hydroxyl groups is 2. The lowest BCUT2D eigenvalue weighted by Gasteiger charge is -2.44. The number of phosphoric ester groups is 1. The smallest absolute Gasteiger partial charge is 0.462 e. The monoisotopic (exact) mass is 941 g/mol. The molecule has 2 aromatic rings. The first-order valence-corrected chi connectivity index (χ1v) is 25.8. The molecule has 2 aliphatic heterocycles. The van der Waals surface area contributed by atoms with Crippen molar-refractivity contribution < 1.29 is 70.8 Å². The van der Waals surface area contributed by atoms with Gasteiger partial charge in [-0.15, -0.1) is 0 Å². The third kappa shape index (κ3) is 16.0. The molecule has 0 aromatic carbocycles. The van der Waals surface area contributed by atoms with E-state index in [1.165, 1.54) is 87.9 Å². The van der Waals surface area contributed by atoms with Crippen molar-refractivity contribution in [3.8, 4) is 0 Å². The summed E-state index contributed by atoms with van der Waals surface area (Å²) < 4.78 is 67.5. The number of nitrogens with zero attached hydrogens (tertiary/aromatic N) is 4. The van der Waals surface area contributed by atoms with E-state index in [2.05, 4.69) is 21.9 Å². The van der Waals surface area contributed by atoms with E-state index >= 15 is 4.39 Å². The van der Waals surface area contributed by atoms with Gasteiger partial charge < -0.3 is 49.2 Å². The first kappa shape index (κ1) is 52.4. The Labute approximate surface area is 367 Å². The number of hydrogen-bond acceptors (Lipinski definition) is 17. The van der Waals surface area contributed by atoms with Crippen LogP contribution in [0.25, 0.3) is 11.2 Å². The number of aromatic nitrogens is 4. The van der Waals surface area contributed by atoms with E-state index in [4.69, 9.17) is 49.8 Å². The van der Waals surface area contributed by atoms with Crippen molar-refractivity contribution in [2.45, 2.75) is 180 Å². The number of anilines is 1. The molecule has 354 valence electrons. The van der Waals surface area contributed by atoms with Crippen molar-refractivity contribution in [3.05, 3.63) is 12.7 Å². The minimum Gasteiger partial charge on any atom is -0.462 e. The molecule has 23 heteroatoms. The zero-order chi connectivity index (χ0) is 45.5. The van der Waals surface area contributed by atoms with Crippen LogP contribution in [0.2, 0.25) is 0 Å². The van der Waals surface area contributed by atoms with Crippen LogP contribution in [-0.4, -0.2) is 108 Å². The predicted octanol–water partition coefficient (Wildman–Crippen LogP) is 6.47. The van der Waals surface area contributed by atoms with Gasteiger partial charge in [-0.1, -0.05) is 111 Å². The highest BCUT2D eigenvalue weighted by molar-refractivity contribution is 8.08. The number of carbonyl (C=O) groups excluding carboxylic acids is 2. The number of aliphatic hydroxyl groups excluding tert-OH is 2. The molecule has 62 heavy (non-hydrogen) atoms. The molecule has 0 aliphatic carbocycles. The van der Waals surface area contributed by atoms with Crippen molar-refractivity contribution in [2.24, 2.45) is 11.8 Å². The van der Waals surface area contributed by atoms with Crippen LogP contribution in [0.1, 0.15) is 137 Å². The molecule has 0 radical (unpaired) electrons. The Balaban J connectivity index is 1.21. The van der Waals surface area contributed by atoms with Gasteiger partial charge in [0.15, 0.2) is 30.0 Å². The summed E-state index contributed by atoms with van der Waals surface area (Å²) in [6, 6.07) is 0. The maximum atomic E-state index is 15.7. The number of ether oxygens (including phenoxy) is 4. The molecule has 2 aromatic heterocycles. The third-order valence-corrected chi connectivity index (χ3v) is 14.8. The number of unbranched alkanes of at least 4 members (excludes halogenated alkanes) is 14. The van der Waals surface area contributed by atoms with Crippen LogP contribution in [0, 0.1) is 11.8 Å². The fourth-order valence-corrected chi connectivity index (χ4v) is 10.8. The van der Waals surface area contributed by atoms with Gasteiger partial charge in [0.1, 0.15) is 36.8 Å². The molecule has 6 N–H and O–H groups in total. The molecule has 4 heterocycles. The lowest BCUT2D eigenvalue weighted by atomic mass is 9.82. The van der Waals surface area contributed by atoms with E-state index in [-0.39, 0.29) is 23.4 Å². The van der Waals surface area contributed by atoms with E-state index in [0.29, 0.717) is 6.42 Å². The summed E-state index contributed by atoms with van der Waals surface area (Å²) >= 11 is 4.93. The first-order chi connectivity index (χ1) is 29.4. The number of nitrogen functional groups attached to an aromatic ring is 1. The summed E-state index contributed by atoms with van der Waals surface area (Å²) in [6.07, 6.45) is 8.06. The zero-order valence-electron chi connectivity index (χ0n) is 36.1. The van der Waals surface area contributed by atoms with E-state index in [1.54, 1.807) is 13.8 Å². The number of rotatable bonds is 28. The minimum absolute atomic E-state index is 0.0682. The molecular formula is C39H66FN5O14P2S. The average Bonchev–Trinajstić information content (AvgIpc) is 3.77. The SMILES string of the molecule is CCCCCCCCCCCCCCCCCC(=O)OC[C@H](F)C1O[C@@H](OP(=O)(O)OP(O)(=S)OC[C@H]2O[C@@H](n3cnc4c(N)ncnc43)C(O)[C@H]2O)C(OC(C)=O)[C@@H](C)[C@@H]1C. The number of nitrogens with two attached hydrogens (primary N) is 1. The molecule has 5 unspecified atom stereocenters. The second-order valence-corrected chi connectivity index (χ2v) is 20.6. The Morgan fingerprint density at radius 2 is 1.52 bits per heavy atom. The normalized spacial score (nSPS) is 27.7. The van der Waals surface area contributed by atoms with Gasteiger partial charge in [-0.05, 0) is 24.1 Å². The van der Waals surface area contributed by atoms with Crippen molar-refractivity contribution in [1.29, 1.82) is 0 Å². The first-order valence-electron chi connectivity index (χ1n) is 21.7. The maximum absolute atomic E-state index is 15.7. The molecule has 2 fully saturated rings. The lowest BCUT2D eigenvalue weighted by molar-refractivity contribution is -0.262. The summed E-state index contributed by atoms with van der Waals surface area (Å²) in [5.74, 6) is -2.69. The number of carbonyl (C=O) groups is 2. The molecule has 2 aliphatic rings. The van der Waals surface area contributed by atoms with E-state index in [1.807, 2.05) is 0 Å². The fourth-order valence-electron chi connectivity index (χ4n) is 7.66. The number of alkyl halides is 1. The Hall–Kier alpha value is -2.26. The molecule has 12 atom stereocenters. The van der Waals surface area contributed by atoms with E-state index in [9.17, 15) is 34.2 Å². The Morgan fingerprint density at radius 3 is 2.11 bits per heavy atom. The van der Waals surface area contributed by atoms with Gasteiger partial charge >= 0.3 is 26.5 Å². The van der Waals surface area contributed by atoms with Crippen molar-refractivity contribution >= 4 is 55.3 Å². The molecule has 0 spiro atoms. The highest BCUT2D eigenvalue weighted by Gasteiger charge is 2.51. The van der Waals surface area contributed by atoms with Gasteiger partial charge in [0.2, 0.25) is 6.29 Å². The summed E-state index contributed by atoms with van der Waals surface area (Å²) in [6.45, 7) is 0.434. The van der Waals surface area contributed by atoms with Gasteiger partial charge in [-0.2, -0.15) is 0 Å². The van der Waals surface area contributed by atoms with Crippen molar-refractivity contribution in [1.82, 2.24) is 19.5 Å². The van der Waals surface area contributed by atoms with Gasteiger partial charge in [0.25, 0.3) is 0 Å². The molecule has 4 rings (SSSR count). The predicted molar refractivity (Wildman–Crippen MR) is 228 cm³/mol. The standard InChI is InChI=1S/C39H66FN5O14P2S/c1-5-6-7-8-9-10-11-12-13-14-15-16-17-18-19-20-30(47)53-21-28(40)34-25(2)26(3)35(55-27(4)46)39(57-34)58-60(50,51)59-61(52,62)54-22-29-32(48)33(49)38(56-29)45-24-44-31-36(41)42-23-43-37(31)45/h23-26,28-29,32-35,38-39,48-49H,5-22H2,1-4H3,(H,50,51)(H,52,62)(H2,41,42,43)/t25-,26-,28-,29+,32-,33?,34?,35?,38+,39-,61?/m0/s1. The van der Waals surface area contributed by atoms with Crippen LogP contribution in [0.3, 0.4) is 0 Å². The number of halogens is 1. The van der Waals surface area contributed by atoms with Crippen LogP contribution in [0.15, 0.2) is 12.7 Å². The quantitative estimate of drug-likeness (QED) is 0.0348. The number of phosphoric acid groups is 1. The van der Waals surface area contributed by atoms with Gasteiger partial charge in [0, 0.05) is 19.3 Å². The number of fused-ring (bicyclic) bond motifs is 1. The number of imidazole rings is 1.